The van der Waals surface area contributed by atoms with Gasteiger partial charge in [-0.2, -0.15) is 0 Å². The second-order valence-corrected chi connectivity index (χ2v) is 15.1. The number of ketones is 1. The van der Waals surface area contributed by atoms with Crippen LogP contribution in [0.3, 0.4) is 0 Å². The van der Waals surface area contributed by atoms with E-state index in [1.165, 1.54) is 19.3 Å². The van der Waals surface area contributed by atoms with Crippen LogP contribution in [0.25, 0.3) is 0 Å². The summed E-state index contributed by atoms with van der Waals surface area (Å²) in [7, 11) is -3.82. The number of aryl methyl sites for hydroxylation is 2. The lowest BCUT2D eigenvalue weighted by Crippen LogP contribution is -2.37. The third kappa shape index (κ3) is 7.03. The van der Waals surface area contributed by atoms with Crippen molar-refractivity contribution in [3.8, 4) is 0 Å². The summed E-state index contributed by atoms with van der Waals surface area (Å²) >= 11 is 0. The maximum absolute atomic E-state index is 13.9. The van der Waals surface area contributed by atoms with E-state index in [2.05, 4.69) is 77.4 Å². The molecule has 0 N–H and O–H groups in total. The van der Waals surface area contributed by atoms with E-state index >= 15 is 0 Å². The average Bonchev–Trinajstić information content (AvgIpc) is 3.59. The highest BCUT2D eigenvalue weighted by molar-refractivity contribution is 7.92. The van der Waals surface area contributed by atoms with Gasteiger partial charge in [0.1, 0.15) is 10.8 Å². The lowest BCUT2D eigenvalue weighted by Gasteiger charge is -2.37. The van der Waals surface area contributed by atoms with Gasteiger partial charge in [0.2, 0.25) is 0 Å². The fourth-order valence-corrected chi connectivity index (χ4v) is 9.07. The molecular formula is C41H44N2O3S. The molecule has 0 bridgehead atoms. The number of benzene rings is 4. The van der Waals surface area contributed by atoms with Crippen molar-refractivity contribution in [3.05, 3.63) is 156 Å². The zero-order valence-electron chi connectivity index (χ0n) is 27.2. The van der Waals surface area contributed by atoms with Gasteiger partial charge in [0.25, 0.3) is 0 Å². The second kappa shape index (κ2) is 14.6. The van der Waals surface area contributed by atoms with Crippen LogP contribution in [-0.4, -0.2) is 29.0 Å². The molecule has 0 radical (unpaired) electrons. The molecule has 1 saturated carbocycles. The normalized spacial score (nSPS) is 14.9. The number of rotatable bonds is 13. The monoisotopic (exact) mass is 644 g/mol. The standard InChI is InChI=1S/C41H44N2O3S/c1-32-22-26-38(27-23-32)47(45,46)40(29-24-33-14-6-2-7-15-33)39(44)28-25-37-30-43(31-42-37)41(34-16-8-3-9-17-34,35-18-10-4-11-19-35)36-20-12-5-13-21-36/h3-5,8-13,16-23,26-27,30-31,33,40H,2,6-7,14-15,24-25,28-29H2,1H3. The predicted octanol–water partition coefficient (Wildman–Crippen LogP) is 8.74. The molecule has 0 aliphatic heterocycles. The van der Waals surface area contributed by atoms with Crippen LogP contribution in [0.1, 0.15) is 79.3 Å². The Labute approximate surface area is 279 Å². The van der Waals surface area contributed by atoms with Crippen molar-refractivity contribution in [2.75, 3.05) is 0 Å². The summed E-state index contributed by atoms with van der Waals surface area (Å²) in [6.45, 7) is 1.93. The van der Waals surface area contributed by atoms with E-state index in [1.54, 1.807) is 24.3 Å². The maximum Gasteiger partial charge on any atom is 0.188 e. The Balaban J connectivity index is 1.30. The molecule has 1 aromatic heterocycles. The zero-order chi connectivity index (χ0) is 32.7. The highest BCUT2D eigenvalue weighted by atomic mass is 32.2. The number of nitrogens with zero attached hydrogens (tertiary/aromatic N) is 2. The van der Waals surface area contributed by atoms with Gasteiger partial charge in [0.05, 0.1) is 16.9 Å². The molecule has 0 spiro atoms. The largest absolute Gasteiger partial charge is 0.319 e. The fraction of sp³-hybridized carbons (Fsp3) is 0.317. The maximum atomic E-state index is 13.9. The van der Waals surface area contributed by atoms with Crippen molar-refractivity contribution >= 4 is 15.6 Å². The zero-order valence-corrected chi connectivity index (χ0v) is 28.0. The number of carbonyl (C=O) groups excluding carboxylic acids is 1. The minimum absolute atomic E-state index is 0.118. The molecule has 4 aromatic carbocycles. The first kappa shape index (κ1) is 32.6. The van der Waals surface area contributed by atoms with E-state index < -0.39 is 20.6 Å². The van der Waals surface area contributed by atoms with Crippen LogP contribution in [-0.2, 0) is 26.6 Å². The van der Waals surface area contributed by atoms with Gasteiger partial charge in [0, 0.05) is 12.6 Å². The summed E-state index contributed by atoms with van der Waals surface area (Å²) in [5.74, 6) is 0.265. The van der Waals surface area contributed by atoms with Crippen LogP contribution in [0.5, 0.6) is 0 Å². The number of hydrogen-bond donors (Lipinski definition) is 0. The van der Waals surface area contributed by atoms with E-state index in [1.807, 2.05) is 37.6 Å². The Hall–Kier alpha value is -4.29. The predicted molar refractivity (Wildman–Crippen MR) is 188 cm³/mol. The number of hydrogen-bond acceptors (Lipinski definition) is 4. The van der Waals surface area contributed by atoms with Gasteiger partial charge in [-0.1, -0.05) is 141 Å². The summed E-state index contributed by atoms with van der Waals surface area (Å²) in [6, 6.07) is 38.1. The van der Waals surface area contributed by atoms with Crippen LogP contribution in [0, 0.1) is 12.8 Å². The third-order valence-electron chi connectivity index (χ3n) is 9.87. The Kier molecular flexibility index (Phi) is 10.2. The van der Waals surface area contributed by atoms with Crippen molar-refractivity contribution in [1.29, 1.82) is 0 Å². The van der Waals surface area contributed by atoms with Crippen LogP contribution >= 0.6 is 0 Å². The van der Waals surface area contributed by atoms with Gasteiger partial charge < -0.3 is 4.57 Å². The molecule has 1 unspecified atom stereocenters. The Morgan fingerprint density at radius 2 is 1.32 bits per heavy atom. The van der Waals surface area contributed by atoms with Crippen molar-refractivity contribution in [2.45, 2.75) is 80.4 Å². The van der Waals surface area contributed by atoms with Crippen LogP contribution in [0.4, 0.5) is 0 Å². The SMILES string of the molecule is Cc1ccc(S(=O)(=O)C(CCC2CCCCC2)C(=O)CCc2cn(C(c3ccccc3)(c3ccccc3)c3ccccc3)cn2)cc1. The minimum Gasteiger partial charge on any atom is -0.319 e. The van der Waals surface area contributed by atoms with Crippen molar-refractivity contribution < 1.29 is 13.2 Å². The van der Waals surface area contributed by atoms with Crippen LogP contribution in [0.15, 0.2) is 133 Å². The Morgan fingerprint density at radius 3 is 1.85 bits per heavy atom. The van der Waals surface area contributed by atoms with Gasteiger partial charge in [-0.15, -0.1) is 0 Å². The molecule has 5 nitrogen and oxygen atoms in total. The average molecular weight is 645 g/mol. The number of sulfone groups is 1. The molecule has 242 valence electrons. The van der Waals surface area contributed by atoms with E-state index in [9.17, 15) is 13.2 Å². The summed E-state index contributed by atoms with van der Waals surface area (Å²) < 4.78 is 30.0. The summed E-state index contributed by atoms with van der Waals surface area (Å²) in [5.41, 5.74) is 4.31. The molecule has 6 rings (SSSR count). The lowest BCUT2D eigenvalue weighted by atomic mass is 9.77. The first-order valence-electron chi connectivity index (χ1n) is 16.9. The summed E-state index contributed by atoms with van der Waals surface area (Å²) in [5, 5.41) is -1.05. The van der Waals surface area contributed by atoms with E-state index in [4.69, 9.17) is 4.98 Å². The quantitative estimate of drug-likeness (QED) is 0.120. The lowest BCUT2D eigenvalue weighted by molar-refractivity contribution is -0.118. The first-order chi connectivity index (χ1) is 22.9. The van der Waals surface area contributed by atoms with Crippen molar-refractivity contribution in [2.24, 2.45) is 5.92 Å². The number of carbonyl (C=O) groups is 1. The fourth-order valence-electron chi connectivity index (χ4n) is 7.32. The smallest absolute Gasteiger partial charge is 0.188 e. The summed E-state index contributed by atoms with van der Waals surface area (Å²) in [6.07, 6.45) is 11.3. The molecular weight excluding hydrogens is 601 g/mol. The van der Waals surface area contributed by atoms with Crippen molar-refractivity contribution in [1.82, 2.24) is 9.55 Å². The van der Waals surface area contributed by atoms with E-state index in [0.29, 0.717) is 18.8 Å². The molecule has 5 aromatic rings. The second-order valence-electron chi connectivity index (χ2n) is 13.0. The molecule has 1 atom stereocenters. The molecule has 0 amide bonds. The number of aromatic nitrogens is 2. The van der Waals surface area contributed by atoms with Crippen molar-refractivity contribution in [3.63, 3.8) is 0 Å². The third-order valence-corrected chi connectivity index (χ3v) is 12.0. The molecule has 1 heterocycles. The van der Waals surface area contributed by atoms with Crippen LogP contribution in [0.2, 0.25) is 0 Å². The Bertz CT molecular complexity index is 1750. The highest BCUT2D eigenvalue weighted by Crippen LogP contribution is 2.41. The topological polar surface area (TPSA) is 69.0 Å². The molecule has 6 heteroatoms. The highest BCUT2D eigenvalue weighted by Gasteiger charge is 2.39. The first-order valence-corrected chi connectivity index (χ1v) is 18.5. The van der Waals surface area contributed by atoms with Gasteiger partial charge in [0.15, 0.2) is 15.6 Å². The van der Waals surface area contributed by atoms with Gasteiger partial charge in [-0.3, -0.25) is 4.79 Å². The molecule has 0 saturated heterocycles. The number of imidazole rings is 1. The minimum atomic E-state index is -3.82. The van der Waals surface area contributed by atoms with E-state index in [0.717, 1.165) is 47.2 Å². The van der Waals surface area contributed by atoms with E-state index in [-0.39, 0.29) is 17.1 Å². The van der Waals surface area contributed by atoms with Crippen LogP contribution < -0.4 is 0 Å². The Morgan fingerprint density at radius 1 is 0.787 bits per heavy atom. The summed E-state index contributed by atoms with van der Waals surface area (Å²) in [4.78, 5) is 19.0. The van der Waals surface area contributed by atoms with Gasteiger partial charge in [-0.25, -0.2) is 13.4 Å². The molecule has 1 aliphatic carbocycles. The van der Waals surface area contributed by atoms with Gasteiger partial charge >= 0.3 is 0 Å². The van der Waals surface area contributed by atoms with Gasteiger partial charge in [-0.05, 0) is 60.9 Å². The molecule has 47 heavy (non-hydrogen) atoms. The molecule has 1 fully saturated rings. The molecule has 1 aliphatic rings. The number of Topliss-reactive ketones (excluding diaryl/α,β-unsaturated/α-hetero) is 1.